The summed E-state index contributed by atoms with van der Waals surface area (Å²) in [7, 11) is 0. The summed E-state index contributed by atoms with van der Waals surface area (Å²) in [6.07, 6.45) is -4.04. The number of alkyl halides is 3. The Balaban J connectivity index is 2.69. The summed E-state index contributed by atoms with van der Waals surface area (Å²) in [5.41, 5.74) is -0.291. The van der Waals surface area contributed by atoms with Gasteiger partial charge >= 0.3 is 6.18 Å². The van der Waals surface area contributed by atoms with Gasteiger partial charge in [0.1, 0.15) is 5.69 Å². The molecule has 0 spiro atoms. The predicted molar refractivity (Wildman–Crippen MR) is 71.4 cm³/mol. The number of aliphatic hydroxyl groups is 1. The van der Waals surface area contributed by atoms with Gasteiger partial charge in [-0.25, -0.2) is 0 Å². The lowest BCUT2D eigenvalue weighted by Crippen LogP contribution is -2.09. The molecule has 1 aromatic carbocycles. The second-order valence-electron chi connectivity index (χ2n) is 4.09. The van der Waals surface area contributed by atoms with Crippen molar-refractivity contribution < 1.29 is 18.3 Å². The van der Waals surface area contributed by atoms with Crippen LogP contribution in [0.25, 0.3) is 10.9 Å². The molecule has 0 amide bonds. The Kier molecular flexibility index (Phi) is 4.13. The molecule has 0 saturated heterocycles. The minimum Gasteiger partial charge on any atom is -0.396 e. The molecule has 0 aliphatic rings. The molecule has 2 nitrogen and oxygen atoms in total. The Morgan fingerprint density at radius 3 is 2.58 bits per heavy atom. The standard InChI is InChI=1S/C12H10BrClF3NO/c13-9-8(14)4-3-6-7(2-1-5-19)11(12(15,16)17)18-10(6)9/h3-4,18-19H,1-2,5H2. The Hall–Kier alpha value is -0.720. The third-order valence-electron chi connectivity index (χ3n) is 2.84. The normalized spacial score (nSPS) is 12.3. The van der Waals surface area contributed by atoms with Crippen LogP contribution in [0.4, 0.5) is 13.2 Å². The molecule has 0 unspecified atom stereocenters. The SMILES string of the molecule is OCCCc1c(C(F)(F)F)[nH]c2c(Br)c(Cl)ccc12. The van der Waals surface area contributed by atoms with Crippen LogP contribution in [0.3, 0.4) is 0 Å². The van der Waals surface area contributed by atoms with E-state index in [0.717, 1.165) is 0 Å². The monoisotopic (exact) mass is 355 g/mol. The van der Waals surface area contributed by atoms with Gasteiger partial charge < -0.3 is 10.1 Å². The number of benzene rings is 1. The van der Waals surface area contributed by atoms with Crippen molar-refractivity contribution in [1.82, 2.24) is 4.98 Å². The second-order valence-corrected chi connectivity index (χ2v) is 5.29. The fourth-order valence-electron chi connectivity index (χ4n) is 2.02. The largest absolute Gasteiger partial charge is 0.431 e. The smallest absolute Gasteiger partial charge is 0.396 e. The van der Waals surface area contributed by atoms with Crippen molar-refractivity contribution in [2.24, 2.45) is 0 Å². The highest BCUT2D eigenvalue weighted by molar-refractivity contribution is 9.10. The second kappa shape index (κ2) is 5.34. The summed E-state index contributed by atoms with van der Waals surface area (Å²) in [6.45, 7) is -0.154. The Morgan fingerprint density at radius 2 is 2.00 bits per heavy atom. The van der Waals surface area contributed by atoms with Crippen LogP contribution in [0.15, 0.2) is 16.6 Å². The number of hydrogen-bond acceptors (Lipinski definition) is 1. The van der Waals surface area contributed by atoms with E-state index in [4.69, 9.17) is 16.7 Å². The molecule has 1 aromatic heterocycles. The first-order valence-electron chi connectivity index (χ1n) is 5.53. The average Bonchev–Trinajstić information content (AvgIpc) is 2.70. The van der Waals surface area contributed by atoms with Gasteiger partial charge in [-0.05, 0) is 40.4 Å². The lowest BCUT2D eigenvalue weighted by molar-refractivity contribution is -0.141. The van der Waals surface area contributed by atoms with Crippen molar-refractivity contribution in [1.29, 1.82) is 0 Å². The zero-order valence-electron chi connectivity index (χ0n) is 9.61. The lowest BCUT2D eigenvalue weighted by Gasteiger charge is -2.07. The molecule has 19 heavy (non-hydrogen) atoms. The first-order valence-corrected chi connectivity index (χ1v) is 6.70. The van der Waals surface area contributed by atoms with Crippen molar-refractivity contribution in [2.75, 3.05) is 6.61 Å². The highest BCUT2D eigenvalue weighted by Crippen LogP contribution is 2.40. The van der Waals surface area contributed by atoms with Crippen LogP contribution < -0.4 is 0 Å². The van der Waals surface area contributed by atoms with Gasteiger partial charge in [0.25, 0.3) is 0 Å². The van der Waals surface area contributed by atoms with Crippen molar-refractivity contribution in [3.63, 3.8) is 0 Å². The number of aryl methyl sites for hydroxylation is 1. The molecule has 0 saturated carbocycles. The van der Waals surface area contributed by atoms with Gasteiger partial charge in [-0.2, -0.15) is 13.2 Å². The number of fused-ring (bicyclic) bond motifs is 1. The molecule has 7 heteroatoms. The summed E-state index contributed by atoms with van der Waals surface area (Å²) in [4.78, 5) is 2.38. The Morgan fingerprint density at radius 1 is 1.32 bits per heavy atom. The van der Waals surface area contributed by atoms with Crippen molar-refractivity contribution >= 4 is 38.4 Å². The molecule has 0 bridgehead atoms. The Bertz CT molecular complexity index is 609. The zero-order valence-corrected chi connectivity index (χ0v) is 12.0. The summed E-state index contributed by atoms with van der Waals surface area (Å²) < 4.78 is 39.4. The number of rotatable bonds is 3. The Labute approximate surface area is 120 Å². The highest BCUT2D eigenvalue weighted by atomic mass is 79.9. The maximum Gasteiger partial charge on any atom is 0.431 e. The zero-order chi connectivity index (χ0) is 14.2. The van der Waals surface area contributed by atoms with Crippen LogP contribution in [-0.4, -0.2) is 16.7 Å². The minimum atomic E-state index is -4.46. The van der Waals surface area contributed by atoms with E-state index in [1.165, 1.54) is 0 Å². The number of nitrogens with one attached hydrogen (secondary N) is 1. The van der Waals surface area contributed by atoms with Gasteiger partial charge in [-0.3, -0.25) is 0 Å². The van der Waals surface area contributed by atoms with Crippen molar-refractivity contribution in [3.8, 4) is 0 Å². The van der Waals surface area contributed by atoms with Gasteiger partial charge in [0.05, 0.1) is 15.0 Å². The highest BCUT2D eigenvalue weighted by Gasteiger charge is 2.36. The number of aromatic nitrogens is 1. The molecule has 2 aromatic rings. The summed E-state index contributed by atoms with van der Waals surface area (Å²) in [6, 6.07) is 3.10. The van der Waals surface area contributed by atoms with E-state index < -0.39 is 11.9 Å². The number of aliphatic hydroxyl groups excluding tert-OH is 1. The molecular weight excluding hydrogens is 346 g/mol. The van der Waals surface area contributed by atoms with E-state index in [9.17, 15) is 13.2 Å². The molecule has 0 atom stereocenters. The van der Waals surface area contributed by atoms with Crippen molar-refractivity contribution in [2.45, 2.75) is 19.0 Å². The van der Waals surface area contributed by atoms with Crippen LogP contribution in [0.2, 0.25) is 5.02 Å². The molecule has 2 N–H and O–H groups in total. The van der Waals surface area contributed by atoms with Crippen LogP contribution in [0.1, 0.15) is 17.7 Å². The van der Waals surface area contributed by atoms with E-state index in [1.54, 1.807) is 12.1 Å². The third kappa shape index (κ3) is 2.75. The topological polar surface area (TPSA) is 36.0 Å². The minimum absolute atomic E-state index is 0.152. The van der Waals surface area contributed by atoms with E-state index in [1.807, 2.05) is 0 Å². The molecule has 0 fully saturated rings. The molecule has 104 valence electrons. The third-order valence-corrected chi connectivity index (χ3v) is 4.21. The van der Waals surface area contributed by atoms with E-state index in [-0.39, 0.29) is 25.0 Å². The van der Waals surface area contributed by atoms with E-state index in [0.29, 0.717) is 20.4 Å². The number of hydrogen-bond donors (Lipinski definition) is 2. The van der Waals surface area contributed by atoms with E-state index >= 15 is 0 Å². The van der Waals surface area contributed by atoms with Gasteiger partial charge in [0, 0.05) is 12.0 Å². The molecule has 0 aliphatic heterocycles. The van der Waals surface area contributed by atoms with Gasteiger partial charge in [-0.1, -0.05) is 17.7 Å². The molecule has 0 aliphatic carbocycles. The average molecular weight is 357 g/mol. The number of H-pyrrole nitrogens is 1. The molecule has 1 heterocycles. The molecule has 0 radical (unpaired) electrons. The van der Waals surface area contributed by atoms with Crippen LogP contribution >= 0.6 is 27.5 Å². The summed E-state index contributed by atoms with van der Waals surface area (Å²) >= 11 is 9.06. The van der Waals surface area contributed by atoms with Crippen LogP contribution in [0.5, 0.6) is 0 Å². The first-order chi connectivity index (χ1) is 8.86. The maximum atomic E-state index is 13.0. The molecular formula is C12H10BrClF3NO. The van der Waals surface area contributed by atoms with Crippen molar-refractivity contribution in [3.05, 3.63) is 32.9 Å². The van der Waals surface area contributed by atoms with Crippen LogP contribution in [-0.2, 0) is 12.6 Å². The summed E-state index contributed by atoms with van der Waals surface area (Å²) in [5.74, 6) is 0. The van der Waals surface area contributed by atoms with Gasteiger partial charge in [-0.15, -0.1) is 0 Å². The number of halogens is 5. The maximum absolute atomic E-state index is 13.0. The van der Waals surface area contributed by atoms with Crippen LogP contribution in [0, 0.1) is 0 Å². The van der Waals surface area contributed by atoms with Gasteiger partial charge in [0.15, 0.2) is 0 Å². The quantitative estimate of drug-likeness (QED) is 0.833. The molecule has 2 rings (SSSR count). The fraction of sp³-hybridized carbons (Fsp3) is 0.333. The predicted octanol–water partition coefficient (Wildman–Crippen LogP) is 4.53. The lowest BCUT2D eigenvalue weighted by atomic mass is 10.1. The van der Waals surface area contributed by atoms with E-state index in [2.05, 4.69) is 20.9 Å². The van der Waals surface area contributed by atoms with Gasteiger partial charge in [0.2, 0.25) is 0 Å². The number of aromatic amines is 1. The first kappa shape index (κ1) is 14.7. The fourth-order valence-corrected chi connectivity index (χ4v) is 2.62. The summed E-state index contributed by atoms with van der Waals surface area (Å²) in [5, 5.41) is 9.62.